The lowest BCUT2D eigenvalue weighted by molar-refractivity contribution is -0.0120. The molecular formula is C20H39N5OS. The summed E-state index contributed by atoms with van der Waals surface area (Å²) in [7, 11) is 1.88. The number of thioether (sulfide) groups is 1. The molecule has 0 radical (unpaired) electrons. The Hall–Kier alpha value is -0.500. The van der Waals surface area contributed by atoms with E-state index in [0.29, 0.717) is 0 Å². The standard InChI is InChI=1S/C20H39N5OS/c1-3-18-6-4-5-9-24(18)10-8-22-19(21-2)23-16-20(7-15-27-17-20)25-11-13-26-14-12-25/h18H,3-17H2,1-2H3,(H2,21,22,23). The molecule has 0 aromatic rings. The van der Waals surface area contributed by atoms with Gasteiger partial charge in [-0.15, -0.1) is 0 Å². The van der Waals surface area contributed by atoms with Crippen molar-refractivity contribution >= 4 is 17.7 Å². The number of likely N-dealkylation sites (tertiary alicyclic amines) is 1. The second-order valence-electron chi connectivity index (χ2n) is 8.07. The van der Waals surface area contributed by atoms with Gasteiger partial charge in [0.25, 0.3) is 0 Å². The van der Waals surface area contributed by atoms with Crippen LogP contribution >= 0.6 is 11.8 Å². The van der Waals surface area contributed by atoms with Crippen molar-refractivity contribution < 1.29 is 4.74 Å². The molecule has 3 aliphatic rings. The predicted octanol–water partition coefficient (Wildman–Crippen LogP) is 1.62. The Labute approximate surface area is 169 Å². The third kappa shape index (κ3) is 5.75. The van der Waals surface area contributed by atoms with Crippen molar-refractivity contribution in [1.82, 2.24) is 20.4 Å². The minimum atomic E-state index is 0.256. The highest BCUT2D eigenvalue weighted by atomic mass is 32.2. The number of nitrogens with one attached hydrogen (secondary N) is 2. The first-order valence-electron chi connectivity index (χ1n) is 10.9. The average molecular weight is 398 g/mol. The topological polar surface area (TPSA) is 52.1 Å². The van der Waals surface area contributed by atoms with Gasteiger partial charge in [0.2, 0.25) is 0 Å². The van der Waals surface area contributed by atoms with E-state index in [1.54, 1.807) is 0 Å². The lowest BCUT2D eigenvalue weighted by Gasteiger charge is -2.43. The summed E-state index contributed by atoms with van der Waals surface area (Å²) in [5.41, 5.74) is 0.256. The van der Waals surface area contributed by atoms with E-state index in [2.05, 4.69) is 44.1 Å². The molecule has 3 aliphatic heterocycles. The number of rotatable bonds is 7. The van der Waals surface area contributed by atoms with Crippen molar-refractivity contribution in [1.29, 1.82) is 0 Å². The van der Waals surface area contributed by atoms with Gasteiger partial charge in [0.1, 0.15) is 0 Å². The Balaban J connectivity index is 1.45. The van der Waals surface area contributed by atoms with E-state index < -0.39 is 0 Å². The van der Waals surface area contributed by atoms with Crippen LogP contribution in [0, 0.1) is 0 Å². The number of hydrogen-bond acceptors (Lipinski definition) is 5. The normalized spacial score (nSPS) is 31.2. The molecule has 27 heavy (non-hydrogen) atoms. The van der Waals surface area contributed by atoms with Gasteiger partial charge in [-0.05, 0) is 38.0 Å². The van der Waals surface area contributed by atoms with Gasteiger partial charge in [-0.3, -0.25) is 14.8 Å². The van der Waals surface area contributed by atoms with E-state index in [0.717, 1.165) is 57.9 Å². The Morgan fingerprint density at radius 3 is 2.78 bits per heavy atom. The number of ether oxygens (including phenoxy) is 1. The van der Waals surface area contributed by atoms with Gasteiger partial charge < -0.3 is 15.4 Å². The number of hydrogen-bond donors (Lipinski definition) is 2. The molecule has 3 heterocycles. The molecule has 3 fully saturated rings. The van der Waals surface area contributed by atoms with Crippen molar-refractivity contribution in [2.75, 3.05) is 71.0 Å². The third-order valence-electron chi connectivity index (χ3n) is 6.48. The molecule has 0 aromatic carbocycles. The first-order chi connectivity index (χ1) is 13.3. The van der Waals surface area contributed by atoms with E-state index in [1.807, 2.05) is 7.05 Å². The van der Waals surface area contributed by atoms with Gasteiger partial charge in [-0.25, -0.2) is 0 Å². The smallest absolute Gasteiger partial charge is 0.191 e. The quantitative estimate of drug-likeness (QED) is 0.503. The molecule has 0 amide bonds. The third-order valence-corrected chi connectivity index (χ3v) is 7.72. The summed E-state index contributed by atoms with van der Waals surface area (Å²) in [6, 6.07) is 0.774. The van der Waals surface area contributed by atoms with Crippen LogP contribution in [0.1, 0.15) is 39.0 Å². The fourth-order valence-corrected chi connectivity index (χ4v) is 6.22. The highest BCUT2D eigenvalue weighted by molar-refractivity contribution is 7.99. The van der Waals surface area contributed by atoms with Crippen LogP contribution in [0.3, 0.4) is 0 Å². The molecule has 2 atom stereocenters. The molecule has 3 saturated heterocycles. The number of piperidine rings is 1. The van der Waals surface area contributed by atoms with Crippen LogP contribution in [0.4, 0.5) is 0 Å². The van der Waals surface area contributed by atoms with Crippen molar-refractivity contribution in [3.05, 3.63) is 0 Å². The molecule has 0 aromatic heterocycles. The SMILES string of the molecule is CCC1CCCCN1CCNC(=NC)NCC1(N2CCOCC2)CCSC1. The van der Waals surface area contributed by atoms with E-state index in [9.17, 15) is 0 Å². The van der Waals surface area contributed by atoms with Crippen LogP contribution in [-0.2, 0) is 4.74 Å². The van der Waals surface area contributed by atoms with Crippen LogP contribution < -0.4 is 10.6 Å². The van der Waals surface area contributed by atoms with E-state index in [1.165, 1.54) is 50.2 Å². The molecule has 0 spiro atoms. The van der Waals surface area contributed by atoms with Crippen LogP contribution in [0.5, 0.6) is 0 Å². The Kier molecular flexibility index (Phi) is 8.55. The van der Waals surface area contributed by atoms with Crippen molar-refractivity contribution in [2.45, 2.75) is 50.6 Å². The molecule has 6 nitrogen and oxygen atoms in total. The summed E-state index contributed by atoms with van der Waals surface area (Å²) in [4.78, 5) is 9.78. The van der Waals surface area contributed by atoms with Crippen molar-refractivity contribution in [3.63, 3.8) is 0 Å². The first kappa shape index (κ1) is 21.2. The van der Waals surface area contributed by atoms with E-state index in [4.69, 9.17) is 4.74 Å². The van der Waals surface area contributed by atoms with Gasteiger partial charge in [0.15, 0.2) is 5.96 Å². The summed E-state index contributed by atoms with van der Waals surface area (Å²) >= 11 is 2.08. The van der Waals surface area contributed by atoms with Crippen LogP contribution in [0.15, 0.2) is 4.99 Å². The average Bonchev–Trinajstić information content (AvgIpc) is 3.21. The molecule has 7 heteroatoms. The maximum absolute atomic E-state index is 5.57. The molecule has 156 valence electrons. The van der Waals surface area contributed by atoms with Crippen LogP contribution in [-0.4, -0.2) is 98.4 Å². The Bertz CT molecular complexity index is 463. The zero-order valence-electron chi connectivity index (χ0n) is 17.3. The van der Waals surface area contributed by atoms with Gasteiger partial charge >= 0.3 is 0 Å². The van der Waals surface area contributed by atoms with E-state index in [-0.39, 0.29) is 5.54 Å². The number of morpholine rings is 1. The minimum Gasteiger partial charge on any atom is -0.379 e. The van der Waals surface area contributed by atoms with Gasteiger partial charge in [-0.2, -0.15) is 11.8 Å². The zero-order chi connectivity index (χ0) is 19.0. The summed E-state index contributed by atoms with van der Waals surface area (Å²) in [6.07, 6.45) is 6.64. The Morgan fingerprint density at radius 2 is 2.07 bits per heavy atom. The summed E-state index contributed by atoms with van der Waals surface area (Å²) in [5.74, 6) is 3.42. The Morgan fingerprint density at radius 1 is 1.22 bits per heavy atom. The van der Waals surface area contributed by atoms with Crippen LogP contribution in [0.2, 0.25) is 0 Å². The number of guanidine groups is 1. The van der Waals surface area contributed by atoms with Crippen molar-refractivity contribution in [2.24, 2.45) is 4.99 Å². The maximum Gasteiger partial charge on any atom is 0.191 e. The summed E-state index contributed by atoms with van der Waals surface area (Å²) < 4.78 is 5.57. The van der Waals surface area contributed by atoms with Gasteiger partial charge in [0, 0.05) is 57.1 Å². The predicted molar refractivity (Wildman–Crippen MR) is 116 cm³/mol. The lowest BCUT2D eigenvalue weighted by atomic mass is 9.95. The second kappa shape index (κ2) is 10.9. The maximum atomic E-state index is 5.57. The monoisotopic (exact) mass is 397 g/mol. The highest BCUT2D eigenvalue weighted by Crippen LogP contribution is 2.33. The highest BCUT2D eigenvalue weighted by Gasteiger charge is 2.40. The zero-order valence-corrected chi connectivity index (χ0v) is 18.2. The summed E-state index contributed by atoms with van der Waals surface area (Å²) in [5, 5.41) is 7.19. The molecule has 0 saturated carbocycles. The van der Waals surface area contributed by atoms with Crippen molar-refractivity contribution in [3.8, 4) is 0 Å². The second-order valence-corrected chi connectivity index (χ2v) is 9.18. The number of nitrogens with zero attached hydrogens (tertiary/aromatic N) is 3. The lowest BCUT2D eigenvalue weighted by Crippen LogP contribution is -2.60. The van der Waals surface area contributed by atoms with Gasteiger partial charge in [-0.1, -0.05) is 13.3 Å². The molecular weight excluding hydrogens is 358 g/mol. The largest absolute Gasteiger partial charge is 0.379 e. The first-order valence-corrected chi connectivity index (χ1v) is 12.0. The summed E-state index contributed by atoms with van der Waals surface area (Å²) in [6.45, 7) is 10.5. The molecule has 0 bridgehead atoms. The fraction of sp³-hybridized carbons (Fsp3) is 0.950. The van der Waals surface area contributed by atoms with Crippen LogP contribution in [0.25, 0.3) is 0 Å². The molecule has 2 unspecified atom stereocenters. The number of aliphatic imine (C=N–C) groups is 1. The molecule has 3 rings (SSSR count). The van der Waals surface area contributed by atoms with Gasteiger partial charge in [0.05, 0.1) is 13.2 Å². The minimum absolute atomic E-state index is 0.256. The van der Waals surface area contributed by atoms with E-state index >= 15 is 0 Å². The molecule has 2 N–H and O–H groups in total. The fourth-order valence-electron chi connectivity index (χ4n) is 4.74. The molecule has 0 aliphatic carbocycles.